The standard InChI is InChI=1S/C15H17FN4O2S/c1-3-8-20-13(9-22-12-7-5-4-6-11(12)16)18-19-15(20)23-10(2)14(17)21/h3-7,10H,1,8-9H2,2H3,(H2,17,21)/t10-/m1/s1. The van der Waals surface area contributed by atoms with Crippen LogP contribution >= 0.6 is 11.8 Å². The number of ether oxygens (including phenoxy) is 1. The molecule has 0 spiro atoms. The third-order valence-electron chi connectivity index (χ3n) is 2.98. The Morgan fingerprint density at radius 2 is 2.26 bits per heavy atom. The van der Waals surface area contributed by atoms with Gasteiger partial charge in [-0.15, -0.1) is 16.8 Å². The Labute approximate surface area is 137 Å². The average molecular weight is 336 g/mol. The van der Waals surface area contributed by atoms with Crippen molar-refractivity contribution in [1.82, 2.24) is 14.8 Å². The van der Waals surface area contributed by atoms with Gasteiger partial charge in [0.1, 0.15) is 6.61 Å². The monoisotopic (exact) mass is 336 g/mol. The molecule has 2 rings (SSSR count). The molecule has 1 atom stereocenters. The first-order chi connectivity index (χ1) is 11.0. The molecule has 2 aromatic rings. The van der Waals surface area contributed by atoms with E-state index in [0.717, 1.165) is 0 Å². The first-order valence-corrected chi connectivity index (χ1v) is 7.77. The summed E-state index contributed by atoms with van der Waals surface area (Å²) in [4.78, 5) is 11.2. The number of allylic oxidation sites excluding steroid dienone is 1. The van der Waals surface area contributed by atoms with Crippen molar-refractivity contribution in [2.24, 2.45) is 5.73 Å². The molecule has 23 heavy (non-hydrogen) atoms. The zero-order valence-electron chi connectivity index (χ0n) is 12.6. The van der Waals surface area contributed by atoms with Gasteiger partial charge in [0.05, 0.1) is 5.25 Å². The van der Waals surface area contributed by atoms with E-state index in [4.69, 9.17) is 10.5 Å². The van der Waals surface area contributed by atoms with E-state index in [1.165, 1.54) is 23.9 Å². The van der Waals surface area contributed by atoms with E-state index < -0.39 is 17.0 Å². The van der Waals surface area contributed by atoms with Crippen LogP contribution in [0, 0.1) is 5.82 Å². The number of nitrogens with two attached hydrogens (primary N) is 1. The van der Waals surface area contributed by atoms with Gasteiger partial charge in [-0.3, -0.25) is 9.36 Å². The molecule has 0 aliphatic heterocycles. The number of nitrogens with zero attached hydrogens (tertiary/aromatic N) is 3. The van der Waals surface area contributed by atoms with Gasteiger partial charge >= 0.3 is 0 Å². The molecule has 1 heterocycles. The lowest BCUT2D eigenvalue weighted by Crippen LogP contribution is -2.23. The van der Waals surface area contributed by atoms with Crippen molar-refractivity contribution in [1.29, 1.82) is 0 Å². The summed E-state index contributed by atoms with van der Waals surface area (Å²) >= 11 is 1.20. The third-order valence-corrected chi connectivity index (χ3v) is 4.08. The SMILES string of the molecule is C=CCn1c(COc2ccccc2F)nnc1S[C@H](C)C(N)=O. The van der Waals surface area contributed by atoms with Crippen LogP contribution in [-0.2, 0) is 17.9 Å². The Kier molecular flexibility index (Phi) is 5.75. The zero-order valence-corrected chi connectivity index (χ0v) is 13.4. The summed E-state index contributed by atoms with van der Waals surface area (Å²) in [7, 11) is 0. The summed E-state index contributed by atoms with van der Waals surface area (Å²) in [5.74, 6) is -0.237. The minimum Gasteiger partial charge on any atom is -0.483 e. The molecule has 6 nitrogen and oxygen atoms in total. The van der Waals surface area contributed by atoms with Crippen molar-refractivity contribution in [2.75, 3.05) is 0 Å². The van der Waals surface area contributed by atoms with Crippen LogP contribution in [0.25, 0.3) is 0 Å². The zero-order chi connectivity index (χ0) is 16.8. The van der Waals surface area contributed by atoms with Crippen LogP contribution < -0.4 is 10.5 Å². The highest BCUT2D eigenvalue weighted by Gasteiger charge is 2.18. The topological polar surface area (TPSA) is 83.0 Å². The minimum atomic E-state index is -0.445. The molecule has 0 fully saturated rings. The van der Waals surface area contributed by atoms with Crippen molar-refractivity contribution in [3.05, 3.63) is 48.6 Å². The lowest BCUT2D eigenvalue weighted by Gasteiger charge is -2.11. The number of hydrogen-bond acceptors (Lipinski definition) is 5. The van der Waals surface area contributed by atoms with E-state index in [1.807, 2.05) is 0 Å². The number of thioether (sulfide) groups is 1. The van der Waals surface area contributed by atoms with Gasteiger partial charge in [-0.05, 0) is 19.1 Å². The fourth-order valence-corrected chi connectivity index (χ4v) is 2.57. The van der Waals surface area contributed by atoms with Gasteiger partial charge in [0.25, 0.3) is 0 Å². The smallest absolute Gasteiger partial charge is 0.230 e. The van der Waals surface area contributed by atoms with Crippen LogP contribution in [0.5, 0.6) is 5.75 Å². The first kappa shape index (κ1) is 17.0. The number of para-hydroxylation sites is 1. The minimum absolute atomic E-state index is 0.0489. The number of benzene rings is 1. The van der Waals surface area contributed by atoms with Crippen molar-refractivity contribution in [2.45, 2.75) is 30.5 Å². The molecule has 1 amide bonds. The molecule has 0 unspecified atom stereocenters. The molecule has 0 aliphatic rings. The predicted molar refractivity (Wildman–Crippen MR) is 85.5 cm³/mol. The number of rotatable bonds is 8. The molecule has 0 saturated carbocycles. The second-order valence-electron chi connectivity index (χ2n) is 4.68. The molecule has 2 N–H and O–H groups in total. The van der Waals surface area contributed by atoms with Gasteiger partial charge in [-0.25, -0.2) is 4.39 Å². The fraction of sp³-hybridized carbons (Fsp3) is 0.267. The summed E-state index contributed by atoms with van der Waals surface area (Å²) in [5.41, 5.74) is 5.26. The quantitative estimate of drug-likeness (QED) is 0.590. The molecule has 122 valence electrons. The van der Waals surface area contributed by atoms with Crippen molar-refractivity contribution in [3.63, 3.8) is 0 Å². The molecule has 0 radical (unpaired) electrons. The number of primary amides is 1. The molecule has 1 aromatic heterocycles. The van der Waals surface area contributed by atoms with Gasteiger partial charge in [-0.2, -0.15) is 0 Å². The predicted octanol–water partition coefficient (Wildman–Crippen LogP) is 2.15. The number of halogens is 1. The molecule has 0 aliphatic carbocycles. The lowest BCUT2D eigenvalue weighted by atomic mass is 10.3. The maximum Gasteiger partial charge on any atom is 0.230 e. The normalized spacial score (nSPS) is 11.9. The van der Waals surface area contributed by atoms with Crippen molar-refractivity contribution >= 4 is 17.7 Å². The van der Waals surface area contributed by atoms with Crippen molar-refractivity contribution in [3.8, 4) is 5.75 Å². The second-order valence-corrected chi connectivity index (χ2v) is 5.99. The van der Waals surface area contributed by atoms with E-state index in [2.05, 4.69) is 16.8 Å². The summed E-state index contributed by atoms with van der Waals surface area (Å²) in [6.07, 6.45) is 1.68. The first-order valence-electron chi connectivity index (χ1n) is 6.89. The number of carbonyl (C=O) groups is 1. The number of aromatic nitrogens is 3. The van der Waals surface area contributed by atoms with Gasteiger partial charge in [-0.1, -0.05) is 30.0 Å². The van der Waals surface area contributed by atoms with Crippen molar-refractivity contribution < 1.29 is 13.9 Å². The molecular weight excluding hydrogens is 319 g/mol. The van der Waals surface area contributed by atoms with Gasteiger partial charge in [0.2, 0.25) is 5.91 Å². The Balaban J connectivity index is 2.15. The number of hydrogen-bond donors (Lipinski definition) is 1. The molecule has 0 bridgehead atoms. The number of amides is 1. The van der Waals surface area contributed by atoms with Crippen LogP contribution in [0.15, 0.2) is 42.1 Å². The summed E-state index contributed by atoms with van der Waals surface area (Å²) in [6, 6.07) is 6.12. The maximum absolute atomic E-state index is 13.6. The molecule has 8 heteroatoms. The van der Waals surface area contributed by atoms with Crippen LogP contribution in [0.2, 0.25) is 0 Å². The second kappa shape index (κ2) is 7.77. The maximum atomic E-state index is 13.6. The highest BCUT2D eigenvalue weighted by molar-refractivity contribution is 8.00. The highest BCUT2D eigenvalue weighted by atomic mass is 32.2. The molecular formula is C15H17FN4O2S. The number of carbonyl (C=O) groups excluding carboxylic acids is 1. The van der Waals surface area contributed by atoms with Gasteiger partial charge in [0, 0.05) is 6.54 Å². The van der Waals surface area contributed by atoms with E-state index in [-0.39, 0.29) is 12.4 Å². The largest absolute Gasteiger partial charge is 0.483 e. The van der Waals surface area contributed by atoms with E-state index >= 15 is 0 Å². The Bertz CT molecular complexity index is 705. The summed E-state index contributed by atoms with van der Waals surface area (Å²) in [6.45, 7) is 5.87. The Morgan fingerprint density at radius 1 is 1.52 bits per heavy atom. The summed E-state index contributed by atoms with van der Waals surface area (Å²) < 4.78 is 20.8. The Hall–Kier alpha value is -2.35. The third kappa shape index (κ3) is 4.32. The van der Waals surface area contributed by atoms with Gasteiger partial charge in [0.15, 0.2) is 22.5 Å². The van der Waals surface area contributed by atoms with E-state index in [1.54, 1.807) is 29.7 Å². The van der Waals surface area contributed by atoms with Crippen LogP contribution in [0.1, 0.15) is 12.7 Å². The van der Waals surface area contributed by atoms with E-state index in [9.17, 15) is 9.18 Å². The highest BCUT2D eigenvalue weighted by Crippen LogP contribution is 2.23. The van der Waals surface area contributed by atoms with Crippen LogP contribution in [-0.4, -0.2) is 25.9 Å². The summed E-state index contributed by atoms with van der Waals surface area (Å²) in [5, 5.41) is 8.16. The van der Waals surface area contributed by atoms with Crippen LogP contribution in [0.3, 0.4) is 0 Å². The lowest BCUT2D eigenvalue weighted by molar-refractivity contribution is -0.117. The fourth-order valence-electron chi connectivity index (χ4n) is 1.75. The molecule has 0 saturated heterocycles. The van der Waals surface area contributed by atoms with Crippen LogP contribution in [0.4, 0.5) is 4.39 Å². The van der Waals surface area contributed by atoms with Gasteiger partial charge < -0.3 is 10.5 Å². The molecule has 1 aromatic carbocycles. The average Bonchev–Trinajstić information content (AvgIpc) is 2.89. The van der Waals surface area contributed by atoms with E-state index in [0.29, 0.717) is 17.5 Å². The Morgan fingerprint density at radius 3 is 2.91 bits per heavy atom.